The van der Waals surface area contributed by atoms with Crippen molar-refractivity contribution < 1.29 is 8.42 Å². The number of rotatable bonds is 2. The van der Waals surface area contributed by atoms with Gasteiger partial charge in [0, 0.05) is 19.6 Å². The number of aryl methyl sites for hydroxylation is 1. The van der Waals surface area contributed by atoms with Crippen molar-refractivity contribution >= 4 is 10.0 Å². The van der Waals surface area contributed by atoms with Gasteiger partial charge in [-0.25, -0.2) is 13.1 Å². The molecule has 0 aromatic heterocycles. The maximum absolute atomic E-state index is 11.4. The van der Waals surface area contributed by atoms with E-state index in [0.717, 1.165) is 19.6 Å². The van der Waals surface area contributed by atoms with Crippen LogP contribution in [0, 0.1) is 6.92 Å². The van der Waals surface area contributed by atoms with Crippen LogP contribution in [0.1, 0.15) is 17.5 Å². The molecule has 1 aromatic carbocycles. The molecule has 1 aliphatic rings. The number of sulfonamides is 1. The first-order valence-corrected chi connectivity index (χ1v) is 7.96. The summed E-state index contributed by atoms with van der Waals surface area (Å²) >= 11 is 0. The van der Waals surface area contributed by atoms with Crippen LogP contribution in [-0.2, 0) is 16.6 Å². The first-order valence-electron chi connectivity index (χ1n) is 6.30. The van der Waals surface area contributed by atoms with Gasteiger partial charge in [0.25, 0.3) is 0 Å². The molecule has 0 amide bonds. The average molecular weight is 268 g/mol. The van der Waals surface area contributed by atoms with Gasteiger partial charge in [0.2, 0.25) is 10.0 Å². The molecule has 1 heterocycles. The summed E-state index contributed by atoms with van der Waals surface area (Å²) in [5, 5.41) is 0. The summed E-state index contributed by atoms with van der Waals surface area (Å²) in [7, 11) is -3.02. The van der Waals surface area contributed by atoms with Gasteiger partial charge in [0.05, 0.1) is 5.75 Å². The molecule has 1 N–H and O–H groups in total. The number of hydrogen-bond acceptors (Lipinski definition) is 3. The molecule has 4 nitrogen and oxygen atoms in total. The molecule has 0 atom stereocenters. The highest BCUT2D eigenvalue weighted by atomic mass is 32.2. The van der Waals surface area contributed by atoms with E-state index >= 15 is 0 Å². The normalized spacial score (nSPS) is 21.2. The zero-order valence-electron chi connectivity index (χ0n) is 10.7. The molecule has 0 bridgehead atoms. The van der Waals surface area contributed by atoms with Crippen molar-refractivity contribution in [1.29, 1.82) is 0 Å². The average Bonchev–Trinajstić information content (AvgIpc) is 2.29. The SMILES string of the molecule is Cc1ccc(CN2CCCS(=O)(=O)NCC2)cc1. The van der Waals surface area contributed by atoms with E-state index in [1.165, 1.54) is 11.1 Å². The van der Waals surface area contributed by atoms with Gasteiger partial charge in [0.15, 0.2) is 0 Å². The smallest absolute Gasteiger partial charge is 0.211 e. The van der Waals surface area contributed by atoms with Gasteiger partial charge < -0.3 is 0 Å². The lowest BCUT2D eigenvalue weighted by Crippen LogP contribution is -2.40. The standard InChI is InChI=1S/C13H20N2O2S/c1-12-3-5-13(6-4-12)11-15-8-2-10-18(16,17)14-7-9-15/h3-6,14H,2,7-11H2,1H3. The van der Waals surface area contributed by atoms with Crippen molar-refractivity contribution in [2.75, 3.05) is 25.4 Å². The fourth-order valence-electron chi connectivity index (χ4n) is 2.13. The van der Waals surface area contributed by atoms with Crippen LogP contribution in [0.5, 0.6) is 0 Å². The number of nitrogens with zero attached hydrogens (tertiary/aromatic N) is 1. The second-order valence-electron chi connectivity index (χ2n) is 4.83. The van der Waals surface area contributed by atoms with Crippen LogP contribution in [0.15, 0.2) is 24.3 Å². The monoisotopic (exact) mass is 268 g/mol. The van der Waals surface area contributed by atoms with Crippen LogP contribution in [0.3, 0.4) is 0 Å². The Hall–Kier alpha value is -0.910. The predicted molar refractivity (Wildman–Crippen MR) is 72.9 cm³/mol. The molecular weight excluding hydrogens is 248 g/mol. The Morgan fingerprint density at radius 3 is 2.67 bits per heavy atom. The Morgan fingerprint density at radius 1 is 1.22 bits per heavy atom. The first kappa shape index (κ1) is 13.5. The van der Waals surface area contributed by atoms with Crippen LogP contribution in [0.2, 0.25) is 0 Å². The van der Waals surface area contributed by atoms with Gasteiger partial charge in [0.1, 0.15) is 0 Å². The third kappa shape index (κ3) is 4.08. The quantitative estimate of drug-likeness (QED) is 0.874. The molecule has 5 heteroatoms. The summed E-state index contributed by atoms with van der Waals surface area (Å²) in [5.41, 5.74) is 2.54. The topological polar surface area (TPSA) is 49.4 Å². The summed E-state index contributed by atoms with van der Waals surface area (Å²) in [5.74, 6) is 0.234. The van der Waals surface area contributed by atoms with Gasteiger partial charge in [-0.3, -0.25) is 4.90 Å². The minimum Gasteiger partial charge on any atom is -0.298 e. The van der Waals surface area contributed by atoms with E-state index in [-0.39, 0.29) is 5.75 Å². The third-order valence-electron chi connectivity index (χ3n) is 3.16. The summed E-state index contributed by atoms with van der Waals surface area (Å²) in [4.78, 5) is 2.30. The molecule has 18 heavy (non-hydrogen) atoms. The molecule has 0 radical (unpaired) electrons. The Balaban J connectivity index is 1.92. The molecule has 100 valence electrons. The highest BCUT2D eigenvalue weighted by molar-refractivity contribution is 7.89. The van der Waals surface area contributed by atoms with Crippen LogP contribution >= 0.6 is 0 Å². The van der Waals surface area contributed by atoms with Gasteiger partial charge in [-0.15, -0.1) is 0 Å². The maximum Gasteiger partial charge on any atom is 0.211 e. The molecule has 2 rings (SSSR count). The van der Waals surface area contributed by atoms with Crippen LogP contribution in [0.25, 0.3) is 0 Å². The minimum atomic E-state index is -3.02. The van der Waals surface area contributed by atoms with Crippen molar-refractivity contribution in [3.05, 3.63) is 35.4 Å². The zero-order chi connectivity index (χ0) is 13.0. The van der Waals surface area contributed by atoms with E-state index < -0.39 is 10.0 Å². The predicted octanol–water partition coefficient (Wildman–Crippen LogP) is 1.12. The van der Waals surface area contributed by atoms with Gasteiger partial charge in [-0.1, -0.05) is 29.8 Å². The lowest BCUT2D eigenvalue weighted by Gasteiger charge is -2.24. The van der Waals surface area contributed by atoms with Crippen molar-refractivity contribution in [2.45, 2.75) is 19.9 Å². The third-order valence-corrected chi connectivity index (χ3v) is 4.63. The zero-order valence-corrected chi connectivity index (χ0v) is 11.5. The summed E-state index contributed by atoms with van der Waals surface area (Å²) in [6, 6.07) is 8.50. The van der Waals surface area contributed by atoms with E-state index in [1.807, 2.05) is 0 Å². The van der Waals surface area contributed by atoms with E-state index in [0.29, 0.717) is 13.0 Å². The molecule has 1 fully saturated rings. The van der Waals surface area contributed by atoms with Crippen molar-refractivity contribution in [3.8, 4) is 0 Å². The van der Waals surface area contributed by atoms with Gasteiger partial charge in [-0.2, -0.15) is 0 Å². The molecule has 0 spiro atoms. The van der Waals surface area contributed by atoms with Crippen LogP contribution in [0.4, 0.5) is 0 Å². The Morgan fingerprint density at radius 2 is 1.94 bits per heavy atom. The molecular formula is C13H20N2O2S. The largest absolute Gasteiger partial charge is 0.298 e. The summed E-state index contributed by atoms with van der Waals surface area (Å²) in [6.07, 6.45) is 0.696. The second kappa shape index (κ2) is 5.82. The van der Waals surface area contributed by atoms with Crippen molar-refractivity contribution in [2.24, 2.45) is 0 Å². The minimum absolute atomic E-state index is 0.234. The highest BCUT2D eigenvalue weighted by Crippen LogP contribution is 2.08. The lowest BCUT2D eigenvalue weighted by atomic mass is 10.1. The molecule has 0 aliphatic carbocycles. The van der Waals surface area contributed by atoms with E-state index in [1.54, 1.807) is 0 Å². The summed E-state index contributed by atoms with van der Waals surface area (Å²) < 4.78 is 25.4. The molecule has 1 saturated heterocycles. The van der Waals surface area contributed by atoms with Gasteiger partial charge in [-0.05, 0) is 25.5 Å². The fourth-order valence-corrected chi connectivity index (χ4v) is 3.19. The van der Waals surface area contributed by atoms with Gasteiger partial charge >= 0.3 is 0 Å². The lowest BCUT2D eigenvalue weighted by molar-refractivity contribution is 0.267. The first-order chi connectivity index (χ1) is 8.55. The van der Waals surface area contributed by atoms with Crippen molar-refractivity contribution in [3.63, 3.8) is 0 Å². The Bertz CT molecular complexity index is 466. The van der Waals surface area contributed by atoms with Crippen LogP contribution < -0.4 is 4.72 Å². The number of benzene rings is 1. The second-order valence-corrected chi connectivity index (χ2v) is 6.75. The Kier molecular flexibility index (Phi) is 4.37. The molecule has 1 aromatic rings. The molecule has 0 saturated carbocycles. The molecule has 0 unspecified atom stereocenters. The van der Waals surface area contributed by atoms with E-state index in [2.05, 4.69) is 40.8 Å². The number of nitrogens with one attached hydrogen (secondary N) is 1. The van der Waals surface area contributed by atoms with Crippen LogP contribution in [-0.4, -0.2) is 38.7 Å². The fraction of sp³-hybridized carbons (Fsp3) is 0.538. The van der Waals surface area contributed by atoms with E-state index in [4.69, 9.17) is 0 Å². The maximum atomic E-state index is 11.4. The van der Waals surface area contributed by atoms with Crippen molar-refractivity contribution in [1.82, 2.24) is 9.62 Å². The van der Waals surface area contributed by atoms with E-state index in [9.17, 15) is 8.42 Å². The molecule has 1 aliphatic heterocycles. The number of hydrogen-bond donors (Lipinski definition) is 1. The Labute approximate surface area is 109 Å². The highest BCUT2D eigenvalue weighted by Gasteiger charge is 2.15. The summed E-state index contributed by atoms with van der Waals surface area (Å²) in [6.45, 7) is 5.09.